The van der Waals surface area contributed by atoms with Crippen LogP contribution in [0.15, 0.2) is 18.3 Å². The summed E-state index contributed by atoms with van der Waals surface area (Å²) < 4.78 is 4.93. The smallest absolute Gasteiger partial charge is 0.253 e. The lowest BCUT2D eigenvalue weighted by atomic mass is 9.93. The lowest BCUT2D eigenvalue weighted by molar-refractivity contribution is 0.0817. The molecule has 0 atom stereocenters. The maximum Gasteiger partial charge on any atom is 0.253 e. The number of amides is 1. The number of rotatable bonds is 6. The molecule has 18 heavy (non-hydrogen) atoms. The van der Waals surface area contributed by atoms with Crippen molar-refractivity contribution in [2.24, 2.45) is 0 Å². The number of aliphatic hydroxyl groups is 1. The van der Waals surface area contributed by atoms with Gasteiger partial charge >= 0.3 is 0 Å². The van der Waals surface area contributed by atoms with Gasteiger partial charge in [0.2, 0.25) is 5.88 Å². The molecule has 0 aliphatic heterocycles. The zero-order valence-electron chi connectivity index (χ0n) is 11.1. The highest BCUT2D eigenvalue weighted by Gasteiger charge is 2.27. The van der Waals surface area contributed by atoms with Gasteiger partial charge in [0.05, 0.1) is 24.8 Å². The summed E-state index contributed by atoms with van der Waals surface area (Å²) in [5.41, 5.74) is -0.104. The van der Waals surface area contributed by atoms with Crippen molar-refractivity contribution in [2.75, 3.05) is 13.7 Å². The fourth-order valence-corrected chi connectivity index (χ4v) is 1.64. The fourth-order valence-electron chi connectivity index (χ4n) is 1.64. The van der Waals surface area contributed by atoms with Gasteiger partial charge in [-0.15, -0.1) is 0 Å². The molecule has 0 spiro atoms. The van der Waals surface area contributed by atoms with Crippen LogP contribution in [0.3, 0.4) is 0 Å². The highest BCUT2D eigenvalue weighted by Crippen LogP contribution is 2.15. The van der Waals surface area contributed by atoms with E-state index in [4.69, 9.17) is 4.74 Å². The first-order valence-electron chi connectivity index (χ1n) is 6.04. The number of aliphatic hydroxyl groups excluding tert-OH is 1. The van der Waals surface area contributed by atoms with Gasteiger partial charge in [0.1, 0.15) is 0 Å². The van der Waals surface area contributed by atoms with Gasteiger partial charge in [-0.1, -0.05) is 13.8 Å². The number of aromatic nitrogens is 1. The predicted octanol–water partition coefficient (Wildman–Crippen LogP) is 1.37. The zero-order valence-corrected chi connectivity index (χ0v) is 11.1. The molecular weight excluding hydrogens is 232 g/mol. The third kappa shape index (κ3) is 3.20. The Morgan fingerprint density at radius 2 is 2.11 bits per heavy atom. The van der Waals surface area contributed by atoms with Crippen molar-refractivity contribution in [2.45, 2.75) is 32.2 Å². The zero-order chi connectivity index (χ0) is 13.6. The Morgan fingerprint density at radius 3 is 2.50 bits per heavy atom. The Balaban J connectivity index is 2.80. The largest absolute Gasteiger partial charge is 0.481 e. The second kappa shape index (κ2) is 6.35. The summed E-state index contributed by atoms with van der Waals surface area (Å²) in [6.45, 7) is 3.80. The van der Waals surface area contributed by atoms with Gasteiger partial charge in [0, 0.05) is 12.3 Å². The van der Waals surface area contributed by atoms with Gasteiger partial charge in [-0.05, 0) is 18.9 Å². The van der Waals surface area contributed by atoms with Crippen molar-refractivity contribution in [3.05, 3.63) is 23.9 Å². The molecule has 1 aromatic heterocycles. The van der Waals surface area contributed by atoms with E-state index in [9.17, 15) is 9.90 Å². The van der Waals surface area contributed by atoms with E-state index in [1.54, 1.807) is 12.1 Å². The molecule has 5 nitrogen and oxygen atoms in total. The van der Waals surface area contributed by atoms with E-state index in [1.807, 2.05) is 13.8 Å². The van der Waals surface area contributed by atoms with E-state index in [2.05, 4.69) is 10.3 Å². The molecule has 0 bridgehead atoms. The van der Waals surface area contributed by atoms with Crippen LogP contribution in [0.25, 0.3) is 0 Å². The van der Waals surface area contributed by atoms with Crippen LogP contribution in [-0.4, -0.2) is 35.3 Å². The molecule has 1 rings (SSSR count). The van der Waals surface area contributed by atoms with Crippen molar-refractivity contribution < 1.29 is 14.6 Å². The molecule has 0 radical (unpaired) electrons. The maximum atomic E-state index is 12.0. The molecule has 1 aromatic rings. The summed E-state index contributed by atoms with van der Waals surface area (Å²) in [6, 6.07) is 3.28. The average molecular weight is 252 g/mol. The third-order valence-corrected chi connectivity index (χ3v) is 3.24. The first-order valence-corrected chi connectivity index (χ1v) is 6.04. The summed E-state index contributed by atoms with van der Waals surface area (Å²) >= 11 is 0. The standard InChI is InChI=1S/C13H20N2O3/c1-4-13(5-2,9-16)15-12(17)10-6-7-11(18-3)14-8-10/h6-8,16H,4-5,9H2,1-3H3,(H,15,17). The maximum absolute atomic E-state index is 12.0. The van der Waals surface area contributed by atoms with Crippen LogP contribution in [0, 0.1) is 0 Å². The van der Waals surface area contributed by atoms with Gasteiger partial charge in [0.15, 0.2) is 0 Å². The van der Waals surface area contributed by atoms with Crippen LogP contribution in [0.5, 0.6) is 5.88 Å². The fraction of sp³-hybridized carbons (Fsp3) is 0.538. The molecule has 0 aliphatic carbocycles. The Bertz CT molecular complexity index is 377. The Morgan fingerprint density at radius 1 is 1.44 bits per heavy atom. The summed E-state index contributed by atoms with van der Waals surface area (Å²) in [5.74, 6) is 0.230. The van der Waals surface area contributed by atoms with Crippen LogP contribution in [0.2, 0.25) is 0 Å². The van der Waals surface area contributed by atoms with Crippen LogP contribution >= 0.6 is 0 Å². The molecule has 0 unspecified atom stereocenters. The monoisotopic (exact) mass is 252 g/mol. The van der Waals surface area contributed by atoms with E-state index in [0.29, 0.717) is 24.3 Å². The second-order valence-corrected chi connectivity index (χ2v) is 4.19. The molecule has 5 heteroatoms. The highest BCUT2D eigenvalue weighted by atomic mass is 16.5. The average Bonchev–Trinajstić information content (AvgIpc) is 2.45. The number of methoxy groups -OCH3 is 1. The molecule has 0 aliphatic rings. The number of carbonyl (C=O) groups excluding carboxylic acids is 1. The quantitative estimate of drug-likeness (QED) is 0.802. The topological polar surface area (TPSA) is 71.5 Å². The number of carbonyl (C=O) groups is 1. The Hall–Kier alpha value is -1.62. The van der Waals surface area contributed by atoms with Gasteiger partial charge < -0.3 is 15.2 Å². The van der Waals surface area contributed by atoms with E-state index in [0.717, 1.165) is 0 Å². The number of nitrogens with zero attached hydrogens (tertiary/aromatic N) is 1. The predicted molar refractivity (Wildman–Crippen MR) is 68.7 cm³/mol. The van der Waals surface area contributed by atoms with Gasteiger partial charge in [0.25, 0.3) is 5.91 Å². The van der Waals surface area contributed by atoms with Crippen LogP contribution in [0.4, 0.5) is 0 Å². The number of pyridine rings is 1. The molecule has 2 N–H and O–H groups in total. The Kier molecular flexibility index (Phi) is 5.09. The van der Waals surface area contributed by atoms with Gasteiger partial charge in [-0.3, -0.25) is 4.79 Å². The number of nitrogens with one attached hydrogen (secondary N) is 1. The van der Waals surface area contributed by atoms with Crippen molar-refractivity contribution >= 4 is 5.91 Å². The number of ether oxygens (including phenoxy) is 1. The van der Waals surface area contributed by atoms with Crippen LogP contribution < -0.4 is 10.1 Å². The van der Waals surface area contributed by atoms with Crippen molar-refractivity contribution in [1.82, 2.24) is 10.3 Å². The Labute approximate surface area is 107 Å². The minimum atomic E-state index is -0.559. The van der Waals surface area contributed by atoms with Crippen LogP contribution in [0.1, 0.15) is 37.0 Å². The van der Waals surface area contributed by atoms with Gasteiger partial charge in [-0.2, -0.15) is 0 Å². The van der Waals surface area contributed by atoms with E-state index >= 15 is 0 Å². The van der Waals surface area contributed by atoms with Crippen molar-refractivity contribution in [1.29, 1.82) is 0 Å². The molecule has 0 aromatic carbocycles. The molecular formula is C13H20N2O3. The number of hydrogen-bond acceptors (Lipinski definition) is 4. The molecule has 100 valence electrons. The number of hydrogen-bond donors (Lipinski definition) is 2. The normalized spacial score (nSPS) is 11.1. The first kappa shape index (κ1) is 14.4. The SMILES string of the molecule is CCC(CC)(CO)NC(=O)c1ccc(OC)nc1. The molecule has 1 amide bonds. The summed E-state index contributed by atoms with van der Waals surface area (Å²) in [4.78, 5) is 16.0. The molecule has 0 saturated carbocycles. The van der Waals surface area contributed by atoms with E-state index in [-0.39, 0.29) is 12.5 Å². The van der Waals surface area contributed by atoms with E-state index < -0.39 is 5.54 Å². The summed E-state index contributed by atoms with van der Waals surface area (Å²) in [6.07, 6.45) is 2.81. The van der Waals surface area contributed by atoms with Crippen molar-refractivity contribution in [3.8, 4) is 5.88 Å². The first-order chi connectivity index (χ1) is 8.60. The minimum Gasteiger partial charge on any atom is -0.481 e. The lowest BCUT2D eigenvalue weighted by Gasteiger charge is -2.30. The summed E-state index contributed by atoms with van der Waals surface area (Å²) in [7, 11) is 1.52. The molecule has 0 saturated heterocycles. The summed E-state index contributed by atoms with van der Waals surface area (Å²) in [5, 5.41) is 12.3. The van der Waals surface area contributed by atoms with E-state index in [1.165, 1.54) is 13.3 Å². The second-order valence-electron chi connectivity index (χ2n) is 4.19. The third-order valence-electron chi connectivity index (χ3n) is 3.24. The van der Waals surface area contributed by atoms with Crippen molar-refractivity contribution in [3.63, 3.8) is 0 Å². The van der Waals surface area contributed by atoms with Crippen LogP contribution in [-0.2, 0) is 0 Å². The molecule has 0 fully saturated rings. The highest BCUT2D eigenvalue weighted by molar-refractivity contribution is 5.94. The lowest BCUT2D eigenvalue weighted by Crippen LogP contribution is -2.50. The minimum absolute atomic E-state index is 0.0741. The molecule has 1 heterocycles. The van der Waals surface area contributed by atoms with Gasteiger partial charge in [-0.25, -0.2) is 4.98 Å².